The number of rotatable bonds is 4. The van der Waals surface area contributed by atoms with Crippen LogP contribution in [0.5, 0.6) is 11.5 Å². The maximum Gasteiger partial charge on any atom is 0.513 e. The van der Waals surface area contributed by atoms with Crippen molar-refractivity contribution in [2.24, 2.45) is 11.8 Å². The third kappa shape index (κ3) is 4.49. The van der Waals surface area contributed by atoms with Crippen LogP contribution in [0.15, 0.2) is 12.1 Å². The summed E-state index contributed by atoms with van der Waals surface area (Å²) in [5.74, 6) is -1.08. The summed E-state index contributed by atoms with van der Waals surface area (Å²) in [6.45, 7) is 3.52. The molecule has 1 fully saturated rings. The molecule has 1 saturated carbocycles. The number of carboxylic acids is 1. The van der Waals surface area contributed by atoms with E-state index in [1.165, 1.54) is 7.11 Å². The summed E-state index contributed by atoms with van der Waals surface area (Å²) in [6, 6.07) is 3.12. The van der Waals surface area contributed by atoms with Gasteiger partial charge >= 0.3 is 18.1 Å². The zero-order valence-electron chi connectivity index (χ0n) is 14.5. The number of hydrogen-bond acceptors (Lipinski definition) is 6. The van der Waals surface area contributed by atoms with Gasteiger partial charge in [0.25, 0.3) is 0 Å². The van der Waals surface area contributed by atoms with E-state index in [4.69, 9.17) is 14.6 Å². The zero-order valence-corrected chi connectivity index (χ0v) is 14.5. The smallest absolute Gasteiger partial charge is 0.481 e. The van der Waals surface area contributed by atoms with E-state index in [1.54, 1.807) is 26.0 Å². The van der Waals surface area contributed by atoms with Gasteiger partial charge in [-0.25, -0.2) is 4.79 Å². The molecule has 1 N–H and O–H groups in total. The number of esters is 1. The van der Waals surface area contributed by atoms with Gasteiger partial charge in [-0.2, -0.15) is 0 Å². The highest BCUT2D eigenvalue weighted by Crippen LogP contribution is 2.33. The van der Waals surface area contributed by atoms with Gasteiger partial charge in [0.05, 0.1) is 18.9 Å². The van der Waals surface area contributed by atoms with Gasteiger partial charge in [-0.3, -0.25) is 9.59 Å². The number of aliphatic carboxylic acids is 1. The lowest BCUT2D eigenvalue weighted by atomic mass is 9.82. The van der Waals surface area contributed by atoms with Crippen molar-refractivity contribution in [3.8, 4) is 11.5 Å². The van der Waals surface area contributed by atoms with Crippen LogP contribution in [0.3, 0.4) is 0 Å². The molecular formula is C18H22O7. The maximum atomic E-state index is 12.3. The van der Waals surface area contributed by atoms with E-state index in [1.807, 2.05) is 0 Å². The number of methoxy groups -OCH3 is 1. The lowest BCUT2D eigenvalue weighted by Gasteiger charge is -2.24. The number of hydrogen-bond donors (Lipinski definition) is 1. The van der Waals surface area contributed by atoms with Crippen molar-refractivity contribution in [3.05, 3.63) is 23.3 Å². The largest absolute Gasteiger partial charge is 0.513 e. The molecule has 25 heavy (non-hydrogen) atoms. The molecule has 0 unspecified atom stereocenters. The summed E-state index contributed by atoms with van der Waals surface area (Å²) in [7, 11) is 1.22. The van der Waals surface area contributed by atoms with Gasteiger partial charge in [-0.1, -0.05) is 0 Å². The Kier molecular flexibility index (Phi) is 6.01. The van der Waals surface area contributed by atoms with Gasteiger partial charge in [0, 0.05) is 0 Å². The number of ether oxygens (including phenoxy) is 3. The SMILES string of the molecule is COC(=O)Oc1ccc(OC(=O)C2CCC(C(=O)O)CC2)c(C)c1C. The Morgan fingerprint density at radius 1 is 0.920 bits per heavy atom. The number of carbonyl (C=O) groups is 3. The van der Waals surface area contributed by atoms with Crippen molar-refractivity contribution >= 4 is 18.1 Å². The van der Waals surface area contributed by atoms with Crippen molar-refractivity contribution in [2.75, 3.05) is 7.11 Å². The molecule has 0 bridgehead atoms. The van der Waals surface area contributed by atoms with Gasteiger partial charge < -0.3 is 19.3 Å². The van der Waals surface area contributed by atoms with Gasteiger partial charge in [-0.15, -0.1) is 0 Å². The van der Waals surface area contributed by atoms with E-state index < -0.39 is 12.1 Å². The van der Waals surface area contributed by atoms with Crippen molar-refractivity contribution < 1.29 is 33.7 Å². The average Bonchev–Trinajstić information content (AvgIpc) is 2.61. The first-order valence-corrected chi connectivity index (χ1v) is 8.14. The first-order valence-electron chi connectivity index (χ1n) is 8.14. The number of carbonyl (C=O) groups excluding carboxylic acids is 2. The summed E-state index contributed by atoms with van der Waals surface area (Å²) in [4.78, 5) is 34.5. The number of carboxylic acid groups (broad SMARTS) is 1. The molecule has 0 radical (unpaired) electrons. The fraction of sp³-hybridized carbons (Fsp3) is 0.500. The van der Waals surface area contributed by atoms with Crippen LogP contribution >= 0.6 is 0 Å². The molecule has 0 heterocycles. The Balaban J connectivity index is 2.03. The first-order chi connectivity index (χ1) is 11.8. The van der Waals surface area contributed by atoms with E-state index in [0.29, 0.717) is 48.3 Å². The van der Waals surface area contributed by atoms with Crippen LogP contribution in [-0.2, 0) is 14.3 Å². The lowest BCUT2D eigenvalue weighted by molar-refractivity contribution is -0.146. The minimum Gasteiger partial charge on any atom is -0.481 e. The molecule has 0 atom stereocenters. The normalized spacial score (nSPS) is 19.8. The molecular weight excluding hydrogens is 328 g/mol. The molecule has 1 aromatic rings. The monoisotopic (exact) mass is 350 g/mol. The van der Waals surface area contributed by atoms with Crippen molar-refractivity contribution in [1.29, 1.82) is 0 Å². The minimum absolute atomic E-state index is 0.290. The van der Waals surface area contributed by atoms with Crippen LogP contribution in [-0.4, -0.2) is 30.3 Å². The third-order valence-corrected chi connectivity index (χ3v) is 4.67. The van der Waals surface area contributed by atoms with Gasteiger partial charge in [0.1, 0.15) is 11.5 Å². The molecule has 1 aliphatic carbocycles. The fourth-order valence-corrected chi connectivity index (χ4v) is 2.89. The maximum absolute atomic E-state index is 12.3. The molecule has 2 rings (SSSR count). The topological polar surface area (TPSA) is 99.1 Å². The van der Waals surface area contributed by atoms with Gasteiger partial charge in [0.2, 0.25) is 0 Å². The van der Waals surface area contributed by atoms with Crippen LogP contribution in [0, 0.1) is 25.7 Å². The predicted octanol–water partition coefficient (Wildman–Crippen LogP) is 3.25. The molecule has 0 saturated heterocycles. The van der Waals surface area contributed by atoms with Crippen LogP contribution in [0.25, 0.3) is 0 Å². The molecule has 1 aliphatic rings. The standard InChI is InChI=1S/C18H22O7/c1-10-11(2)15(25-18(22)23-3)9-8-14(10)24-17(21)13-6-4-12(5-7-13)16(19)20/h8-9,12-13H,4-7H2,1-3H3,(H,19,20). The van der Waals surface area contributed by atoms with Crippen LogP contribution in [0.2, 0.25) is 0 Å². The van der Waals surface area contributed by atoms with E-state index in [0.717, 1.165) is 0 Å². The second-order valence-electron chi connectivity index (χ2n) is 6.18. The quantitative estimate of drug-likeness (QED) is 0.505. The van der Waals surface area contributed by atoms with Crippen molar-refractivity contribution in [1.82, 2.24) is 0 Å². The summed E-state index contributed by atoms with van der Waals surface area (Å²) in [5.41, 5.74) is 1.36. The minimum atomic E-state index is -0.817. The molecule has 136 valence electrons. The Labute approximate surface area is 145 Å². The first kappa shape index (κ1) is 18.8. The molecule has 7 nitrogen and oxygen atoms in total. The second-order valence-corrected chi connectivity index (χ2v) is 6.18. The fourth-order valence-electron chi connectivity index (χ4n) is 2.89. The molecule has 1 aromatic carbocycles. The highest BCUT2D eigenvalue weighted by Gasteiger charge is 2.31. The Morgan fingerprint density at radius 3 is 1.88 bits per heavy atom. The van der Waals surface area contributed by atoms with Crippen LogP contribution in [0.1, 0.15) is 36.8 Å². The van der Waals surface area contributed by atoms with E-state index in [-0.39, 0.29) is 17.8 Å². The third-order valence-electron chi connectivity index (χ3n) is 4.67. The molecule has 0 aromatic heterocycles. The van der Waals surface area contributed by atoms with E-state index in [9.17, 15) is 14.4 Å². The lowest BCUT2D eigenvalue weighted by Crippen LogP contribution is -2.28. The summed E-state index contributed by atoms with van der Waals surface area (Å²) in [5, 5.41) is 9.01. The highest BCUT2D eigenvalue weighted by molar-refractivity contribution is 5.77. The van der Waals surface area contributed by atoms with Gasteiger partial charge in [-0.05, 0) is 62.8 Å². The highest BCUT2D eigenvalue weighted by atomic mass is 16.7. The van der Waals surface area contributed by atoms with Crippen molar-refractivity contribution in [3.63, 3.8) is 0 Å². The predicted molar refractivity (Wildman–Crippen MR) is 87.7 cm³/mol. The molecule has 0 aliphatic heterocycles. The zero-order chi connectivity index (χ0) is 18.6. The second kappa shape index (κ2) is 8.00. The van der Waals surface area contributed by atoms with Gasteiger partial charge in [0.15, 0.2) is 0 Å². The summed E-state index contributed by atoms with van der Waals surface area (Å²) < 4.78 is 15.0. The Morgan fingerprint density at radius 2 is 1.40 bits per heavy atom. The Bertz CT molecular complexity index is 672. The summed E-state index contributed by atoms with van der Waals surface area (Å²) in [6.07, 6.45) is 1.18. The Hall–Kier alpha value is -2.57. The van der Waals surface area contributed by atoms with Crippen molar-refractivity contribution in [2.45, 2.75) is 39.5 Å². The van der Waals surface area contributed by atoms with Crippen LogP contribution < -0.4 is 9.47 Å². The average molecular weight is 350 g/mol. The molecule has 7 heteroatoms. The number of benzene rings is 1. The molecule has 0 spiro atoms. The van der Waals surface area contributed by atoms with E-state index in [2.05, 4.69) is 4.74 Å². The molecule has 0 amide bonds. The summed E-state index contributed by atoms with van der Waals surface area (Å²) >= 11 is 0. The van der Waals surface area contributed by atoms with Crippen LogP contribution in [0.4, 0.5) is 4.79 Å². The van der Waals surface area contributed by atoms with E-state index >= 15 is 0 Å².